The predicted octanol–water partition coefficient (Wildman–Crippen LogP) is 3.66. The minimum atomic E-state index is 0.00416. The fraction of sp³-hybridized carbons (Fsp3) is 0.227. The second-order valence-electron chi connectivity index (χ2n) is 6.20. The van der Waals surface area contributed by atoms with E-state index in [9.17, 15) is 4.79 Å². The summed E-state index contributed by atoms with van der Waals surface area (Å²) in [6.45, 7) is 5.84. The lowest BCUT2D eigenvalue weighted by molar-refractivity contribution is -0.114. The fourth-order valence-electron chi connectivity index (χ4n) is 3.01. The van der Waals surface area contributed by atoms with Gasteiger partial charge in [0.15, 0.2) is 5.78 Å². The van der Waals surface area contributed by atoms with Crippen LogP contribution in [0.1, 0.15) is 25.8 Å². The minimum Gasteiger partial charge on any atom is -0.458 e. The van der Waals surface area contributed by atoms with Crippen molar-refractivity contribution in [2.75, 3.05) is 0 Å². The molecule has 0 aliphatic carbocycles. The molecule has 3 rings (SSSR count). The van der Waals surface area contributed by atoms with E-state index in [1.165, 1.54) is 5.46 Å². The number of ether oxygens (including phenoxy) is 1. The molecular formula is C22H23BNO2. The van der Waals surface area contributed by atoms with Crippen molar-refractivity contribution < 1.29 is 9.53 Å². The monoisotopic (exact) mass is 344 g/mol. The first-order chi connectivity index (χ1) is 12.7. The zero-order valence-electron chi connectivity index (χ0n) is 15.5. The van der Waals surface area contributed by atoms with Gasteiger partial charge in [0.25, 0.3) is 0 Å². The molecule has 1 aromatic rings. The molecule has 0 saturated carbocycles. The van der Waals surface area contributed by atoms with E-state index in [1.807, 2.05) is 45.1 Å². The number of nitrogens with one attached hydrogen (secondary N) is 1. The molecule has 1 atom stereocenters. The third-order valence-corrected chi connectivity index (χ3v) is 4.54. The smallest absolute Gasteiger partial charge is 0.155 e. The number of carbonyl (C=O) groups excluding carboxylic acids is 1. The van der Waals surface area contributed by atoms with Crippen molar-refractivity contribution in [3.05, 3.63) is 83.5 Å². The molecule has 2 aliphatic rings. The average molecular weight is 344 g/mol. The van der Waals surface area contributed by atoms with Crippen molar-refractivity contribution >= 4 is 24.1 Å². The zero-order chi connectivity index (χ0) is 18.5. The summed E-state index contributed by atoms with van der Waals surface area (Å²) in [4.78, 5) is 11.6. The van der Waals surface area contributed by atoms with Gasteiger partial charge >= 0.3 is 0 Å². The summed E-state index contributed by atoms with van der Waals surface area (Å²) in [7, 11) is 2.09. The summed E-state index contributed by atoms with van der Waals surface area (Å²) >= 11 is 0. The van der Waals surface area contributed by atoms with Crippen molar-refractivity contribution in [3.63, 3.8) is 0 Å². The van der Waals surface area contributed by atoms with Gasteiger partial charge in [-0.2, -0.15) is 0 Å². The second kappa shape index (κ2) is 8.09. The largest absolute Gasteiger partial charge is 0.458 e. The quantitative estimate of drug-likeness (QED) is 0.486. The molecule has 26 heavy (non-hydrogen) atoms. The topological polar surface area (TPSA) is 38.3 Å². The Morgan fingerprint density at radius 2 is 2.19 bits per heavy atom. The van der Waals surface area contributed by atoms with Crippen LogP contribution in [0.15, 0.2) is 77.9 Å². The van der Waals surface area contributed by atoms with Gasteiger partial charge < -0.3 is 10.1 Å². The van der Waals surface area contributed by atoms with Crippen LogP contribution in [0.4, 0.5) is 0 Å². The molecule has 0 fully saturated rings. The van der Waals surface area contributed by atoms with Crippen LogP contribution >= 0.6 is 0 Å². The summed E-state index contributed by atoms with van der Waals surface area (Å²) in [6.07, 6.45) is 12.0. The molecular weight excluding hydrogens is 321 g/mol. The van der Waals surface area contributed by atoms with Gasteiger partial charge in [0.2, 0.25) is 0 Å². The maximum absolute atomic E-state index is 11.6. The molecule has 0 amide bonds. The number of hydrogen-bond acceptors (Lipinski definition) is 3. The van der Waals surface area contributed by atoms with Crippen molar-refractivity contribution in [3.8, 4) is 0 Å². The average Bonchev–Trinajstić information content (AvgIpc) is 3.12. The van der Waals surface area contributed by atoms with E-state index in [-0.39, 0.29) is 11.8 Å². The van der Waals surface area contributed by atoms with Crippen molar-refractivity contribution in [1.29, 1.82) is 0 Å². The Bertz CT molecular complexity index is 859. The molecule has 2 aliphatic heterocycles. The van der Waals surface area contributed by atoms with Crippen molar-refractivity contribution in [1.82, 2.24) is 5.32 Å². The molecule has 2 heterocycles. The molecule has 131 valence electrons. The second-order valence-corrected chi connectivity index (χ2v) is 6.20. The minimum absolute atomic E-state index is 0.00416. The van der Waals surface area contributed by atoms with Gasteiger partial charge in [-0.3, -0.25) is 4.79 Å². The van der Waals surface area contributed by atoms with Gasteiger partial charge in [-0.25, -0.2) is 0 Å². The summed E-state index contributed by atoms with van der Waals surface area (Å²) in [6, 6.07) is 8.41. The highest BCUT2D eigenvalue weighted by molar-refractivity contribution is 6.51. The van der Waals surface area contributed by atoms with Crippen LogP contribution in [0.25, 0.3) is 5.57 Å². The third kappa shape index (κ3) is 3.74. The molecule has 3 nitrogen and oxygen atoms in total. The standard InChI is InChI=1S/C22H23BNO2/c1-4-15(9-10-18(25)5-2)21-14-20-22(26-21)19(11-12-24-20)16-7-6-8-17(13-16)23-3/h4,6-14,20,24H,5H2,1-3H3/b10-9-,15-4+. The summed E-state index contributed by atoms with van der Waals surface area (Å²) in [5.74, 6) is 1.78. The first kappa shape index (κ1) is 18.1. The summed E-state index contributed by atoms with van der Waals surface area (Å²) < 4.78 is 6.21. The van der Waals surface area contributed by atoms with E-state index in [2.05, 4.69) is 42.9 Å². The molecule has 0 saturated heterocycles. The Hall–Kier alpha value is -2.75. The van der Waals surface area contributed by atoms with Crippen LogP contribution in [0.5, 0.6) is 0 Å². The van der Waals surface area contributed by atoms with Crippen LogP contribution < -0.4 is 10.8 Å². The number of allylic oxidation sites excluding steroid dienone is 5. The number of fused-ring (bicyclic) bond motifs is 1. The van der Waals surface area contributed by atoms with Gasteiger partial charge in [-0.05, 0) is 43.0 Å². The summed E-state index contributed by atoms with van der Waals surface area (Å²) in [5, 5.41) is 3.33. The first-order valence-corrected chi connectivity index (χ1v) is 9.00. The maximum atomic E-state index is 11.6. The van der Waals surface area contributed by atoms with E-state index >= 15 is 0 Å². The van der Waals surface area contributed by atoms with Crippen molar-refractivity contribution in [2.24, 2.45) is 0 Å². The van der Waals surface area contributed by atoms with E-state index in [4.69, 9.17) is 4.74 Å². The number of carbonyl (C=O) groups is 1. The zero-order valence-corrected chi connectivity index (χ0v) is 15.5. The SMILES string of the molecule is C[B]c1cccc(C2=C3OC(C(/C=C\C(=O)CC)=C/C)=CC3NC=C2)c1. The van der Waals surface area contributed by atoms with Crippen molar-refractivity contribution in [2.45, 2.75) is 33.1 Å². The molecule has 4 heteroatoms. The van der Waals surface area contributed by atoms with Gasteiger partial charge in [0.05, 0.1) is 0 Å². The van der Waals surface area contributed by atoms with E-state index in [1.54, 1.807) is 6.08 Å². The Balaban J connectivity index is 1.90. The number of hydrogen-bond donors (Lipinski definition) is 1. The fourth-order valence-corrected chi connectivity index (χ4v) is 3.01. The number of benzene rings is 1. The van der Waals surface area contributed by atoms with Gasteiger partial charge in [-0.15, -0.1) is 0 Å². The molecule has 1 radical (unpaired) electrons. The van der Waals surface area contributed by atoms with Crippen LogP contribution in [0.2, 0.25) is 6.82 Å². The van der Waals surface area contributed by atoms with E-state index in [0.717, 1.165) is 28.2 Å². The lowest BCUT2D eigenvalue weighted by Gasteiger charge is -2.19. The number of ketones is 1. The van der Waals surface area contributed by atoms with Crippen LogP contribution in [-0.2, 0) is 9.53 Å². The molecule has 1 N–H and O–H groups in total. The molecule has 0 spiro atoms. The van der Waals surface area contributed by atoms with E-state index in [0.29, 0.717) is 6.42 Å². The van der Waals surface area contributed by atoms with Crippen LogP contribution in [-0.4, -0.2) is 19.1 Å². The normalized spacial score (nSPS) is 19.1. The van der Waals surface area contributed by atoms with E-state index < -0.39 is 0 Å². The Morgan fingerprint density at radius 1 is 1.35 bits per heavy atom. The predicted molar refractivity (Wildman–Crippen MR) is 108 cm³/mol. The highest BCUT2D eigenvalue weighted by atomic mass is 16.5. The number of rotatable bonds is 6. The highest BCUT2D eigenvalue weighted by Crippen LogP contribution is 2.35. The van der Waals surface area contributed by atoms with Gasteiger partial charge in [-0.1, -0.05) is 49.6 Å². The molecule has 0 bridgehead atoms. The molecule has 1 unspecified atom stereocenters. The third-order valence-electron chi connectivity index (χ3n) is 4.54. The van der Waals surface area contributed by atoms with Crippen LogP contribution in [0.3, 0.4) is 0 Å². The lowest BCUT2D eigenvalue weighted by atomic mass is 9.72. The Labute approximate surface area is 156 Å². The summed E-state index contributed by atoms with van der Waals surface area (Å²) in [5.41, 5.74) is 4.30. The number of dihydropyridines is 1. The van der Waals surface area contributed by atoms with Gasteiger partial charge in [0.1, 0.15) is 24.8 Å². The Kier molecular flexibility index (Phi) is 5.62. The first-order valence-electron chi connectivity index (χ1n) is 9.00. The highest BCUT2D eigenvalue weighted by Gasteiger charge is 2.29. The maximum Gasteiger partial charge on any atom is 0.155 e. The van der Waals surface area contributed by atoms with Crippen LogP contribution in [0, 0.1) is 0 Å². The molecule has 0 aromatic heterocycles. The molecule has 1 aromatic carbocycles. The Morgan fingerprint density at radius 3 is 2.92 bits per heavy atom. The lowest BCUT2D eigenvalue weighted by Crippen LogP contribution is -2.25. The van der Waals surface area contributed by atoms with Gasteiger partial charge in [0, 0.05) is 17.6 Å².